The van der Waals surface area contributed by atoms with Gasteiger partial charge < -0.3 is 15.0 Å². The maximum absolute atomic E-state index is 12.1. The topological polar surface area (TPSA) is 41.6 Å². The van der Waals surface area contributed by atoms with E-state index in [1.807, 2.05) is 25.7 Å². The number of nitrogens with zero attached hydrogens (tertiary/aromatic N) is 1. The molecule has 1 rings (SSSR count). The fourth-order valence-corrected chi connectivity index (χ4v) is 2.80. The van der Waals surface area contributed by atoms with E-state index in [0.29, 0.717) is 12.0 Å². The smallest absolute Gasteiger partial charge is 0.410 e. The first-order valence-corrected chi connectivity index (χ1v) is 8.02. The van der Waals surface area contributed by atoms with Crippen molar-refractivity contribution in [2.24, 2.45) is 5.92 Å². The number of likely N-dealkylation sites (tertiary alicyclic amines) is 1. The molecule has 0 bridgehead atoms. The van der Waals surface area contributed by atoms with Gasteiger partial charge in [0.15, 0.2) is 0 Å². The molecule has 21 heavy (non-hydrogen) atoms. The van der Waals surface area contributed by atoms with Crippen molar-refractivity contribution < 1.29 is 9.53 Å². The summed E-state index contributed by atoms with van der Waals surface area (Å²) in [5.74, 6) is 3.19. The predicted octanol–water partition coefficient (Wildman–Crippen LogP) is 3.03. The Balaban J connectivity index is 2.49. The van der Waals surface area contributed by atoms with Gasteiger partial charge in [0.2, 0.25) is 0 Å². The van der Waals surface area contributed by atoms with Crippen LogP contribution in [0.2, 0.25) is 0 Å². The summed E-state index contributed by atoms with van der Waals surface area (Å²) in [5.41, 5.74) is -0.428. The van der Waals surface area contributed by atoms with Crippen molar-refractivity contribution in [2.45, 2.75) is 65.0 Å². The third-order valence-electron chi connectivity index (χ3n) is 3.75. The number of carbonyl (C=O) groups is 1. The number of amides is 1. The molecule has 0 saturated carbocycles. The van der Waals surface area contributed by atoms with Gasteiger partial charge in [0.1, 0.15) is 5.60 Å². The van der Waals surface area contributed by atoms with Gasteiger partial charge in [-0.05, 0) is 52.5 Å². The molecular formula is C17H30N2O2. The number of rotatable bonds is 6. The maximum Gasteiger partial charge on any atom is 0.410 e. The standard InChI is InChI=1S/C17H30N2O2/c1-6-8-9-10-15(18-7-2)14-11-12-19(13-14)16(20)21-17(3,4)5/h1,14-15,18H,7-13H2,2-5H3. The third-order valence-corrected chi connectivity index (χ3v) is 3.75. The van der Waals surface area contributed by atoms with E-state index in [1.54, 1.807) is 0 Å². The predicted molar refractivity (Wildman–Crippen MR) is 86.1 cm³/mol. The Hall–Kier alpha value is -1.21. The SMILES string of the molecule is C#CCCCC(NCC)C1CCN(C(=O)OC(C)(C)C)C1. The van der Waals surface area contributed by atoms with Gasteiger partial charge in [-0.25, -0.2) is 4.79 Å². The summed E-state index contributed by atoms with van der Waals surface area (Å²) in [6, 6.07) is 0.441. The number of nitrogens with one attached hydrogen (secondary N) is 1. The van der Waals surface area contributed by atoms with E-state index in [9.17, 15) is 4.79 Å². The first-order chi connectivity index (χ1) is 9.87. The lowest BCUT2D eigenvalue weighted by molar-refractivity contribution is 0.0285. The van der Waals surface area contributed by atoms with Gasteiger partial charge in [0.25, 0.3) is 0 Å². The van der Waals surface area contributed by atoms with E-state index in [-0.39, 0.29) is 6.09 Å². The first kappa shape index (κ1) is 17.8. The van der Waals surface area contributed by atoms with Gasteiger partial charge in [0, 0.05) is 25.6 Å². The molecule has 2 unspecified atom stereocenters. The lowest BCUT2D eigenvalue weighted by Crippen LogP contribution is -2.40. The largest absolute Gasteiger partial charge is 0.444 e. The number of carbonyl (C=O) groups excluding carboxylic acids is 1. The van der Waals surface area contributed by atoms with Crippen LogP contribution in [0, 0.1) is 18.3 Å². The molecule has 2 atom stereocenters. The molecule has 120 valence electrons. The molecule has 1 saturated heterocycles. The van der Waals surface area contributed by atoms with Crippen LogP contribution in [0.3, 0.4) is 0 Å². The highest BCUT2D eigenvalue weighted by molar-refractivity contribution is 5.68. The van der Waals surface area contributed by atoms with Crippen molar-refractivity contribution in [1.29, 1.82) is 0 Å². The average molecular weight is 294 g/mol. The highest BCUT2D eigenvalue weighted by Gasteiger charge is 2.33. The highest BCUT2D eigenvalue weighted by Crippen LogP contribution is 2.24. The van der Waals surface area contributed by atoms with Gasteiger partial charge in [-0.1, -0.05) is 6.92 Å². The Kier molecular flexibility index (Phi) is 7.04. The molecule has 1 N–H and O–H groups in total. The van der Waals surface area contributed by atoms with Crippen molar-refractivity contribution in [3.8, 4) is 12.3 Å². The molecule has 0 spiro atoms. The normalized spacial score (nSPS) is 20.1. The minimum atomic E-state index is -0.428. The Morgan fingerprint density at radius 2 is 2.24 bits per heavy atom. The molecule has 0 radical (unpaired) electrons. The molecule has 0 aliphatic carbocycles. The molecular weight excluding hydrogens is 264 g/mol. The van der Waals surface area contributed by atoms with Crippen LogP contribution in [-0.2, 0) is 4.74 Å². The van der Waals surface area contributed by atoms with E-state index in [2.05, 4.69) is 18.2 Å². The zero-order chi connectivity index (χ0) is 15.9. The fraction of sp³-hybridized carbons (Fsp3) is 0.824. The molecule has 1 heterocycles. The molecule has 4 nitrogen and oxygen atoms in total. The van der Waals surface area contributed by atoms with Crippen molar-refractivity contribution in [1.82, 2.24) is 10.2 Å². The number of unbranched alkanes of at least 4 members (excludes halogenated alkanes) is 1. The minimum absolute atomic E-state index is 0.191. The van der Waals surface area contributed by atoms with Gasteiger partial charge in [-0.2, -0.15) is 0 Å². The van der Waals surface area contributed by atoms with Crippen LogP contribution in [0.1, 0.15) is 53.4 Å². The van der Waals surface area contributed by atoms with Gasteiger partial charge in [-0.15, -0.1) is 12.3 Å². The Morgan fingerprint density at radius 1 is 1.52 bits per heavy atom. The second-order valence-electron chi connectivity index (χ2n) is 6.74. The van der Waals surface area contributed by atoms with Gasteiger partial charge in [-0.3, -0.25) is 0 Å². The maximum atomic E-state index is 12.1. The van der Waals surface area contributed by atoms with Crippen LogP contribution in [0.5, 0.6) is 0 Å². The number of terminal acetylenes is 1. The summed E-state index contributed by atoms with van der Waals surface area (Å²) in [4.78, 5) is 13.9. The lowest BCUT2D eigenvalue weighted by atomic mass is 9.94. The molecule has 1 aliphatic heterocycles. The van der Waals surface area contributed by atoms with E-state index in [1.165, 1.54) is 0 Å². The number of hydrogen-bond donors (Lipinski definition) is 1. The van der Waals surface area contributed by atoms with Crippen molar-refractivity contribution >= 4 is 6.09 Å². The molecule has 0 aromatic rings. The van der Waals surface area contributed by atoms with E-state index in [4.69, 9.17) is 11.2 Å². The Labute approximate surface area is 129 Å². The molecule has 1 aliphatic rings. The van der Waals surface area contributed by atoms with Crippen LogP contribution in [0.4, 0.5) is 4.79 Å². The van der Waals surface area contributed by atoms with Crippen molar-refractivity contribution in [3.63, 3.8) is 0 Å². The summed E-state index contributed by atoms with van der Waals surface area (Å²) in [5, 5.41) is 3.54. The molecule has 0 aromatic heterocycles. The summed E-state index contributed by atoms with van der Waals surface area (Å²) in [6.07, 6.45) is 9.10. The molecule has 0 aromatic carbocycles. The lowest BCUT2D eigenvalue weighted by Gasteiger charge is -2.26. The molecule has 4 heteroatoms. The number of ether oxygens (including phenoxy) is 1. The van der Waals surface area contributed by atoms with Gasteiger partial charge in [0.05, 0.1) is 0 Å². The van der Waals surface area contributed by atoms with Crippen molar-refractivity contribution in [3.05, 3.63) is 0 Å². The van der Waals surface area contributed by atoms with E-state index in [0.717, 1.165) is 45.3 Å². The summed E-state index contributed by atoms with van der Waals surface area (Å²) in [6.45, 7) is 10.3. The summed E-state index contributed by atoms with van der Waals surface area (Å²) < 4.78 is 5.45. The van der Waals surface area contributed by atoms with Crippen LogP contribution in [0.15, 0.2) is 0 Å². The highest BCUT2D eigenvalue weighted by atomic mass is 16.6. The third kappa shape index (κ3) is 6.39. The second kappa shape index (κ2) is 8.29. The van der Waals surface area contributed by atoms with E-state index >= 15 is 0 Å². The molecule has 1 amide bonds. The van der Waals surface area contributed by atoms with Crippen molar-refractivity contribution in [2.75, 3.05) is 19.6 Å². The van der Waals surface area contributed by atoms with Crippen LogP contribution < -0.4 is 5.32 Å². The van der Waals surface area contributed by atoms with Crippen LogP contribution >= 0.6 is 0 Å². The number of hydrogen-bond acceptors (Lipinski definition) is 3. The van der Waals surface area contributed by atoms with Crippen LogP contribution in [0.25, 0.3) is 0 Å². The Bertz CT molecular complexity index is 368. The quantitative estimate of drug-likeness (QED) is 0.605. The summed E-state index contributed by atoms with van der Waals surface area (Å²) >= 11 is 0. The zero-order valence-corrected chi connectivity index (χ0v) is 13.9. The zero-order valence-electron chi connectivity index (χ0n) is 13.9. The van der Waals surface area contributed by atoms with Gasteiger partial charge >= 0.3 is 6.09 Å². The molecule has 1 fully saturated rings. The van der Waals surface area contributed by atoms with Crippen LogP contribution in [-0.4, -0.2) is 42.3 Å². The van der Waals surface area contributed by atoms with E-state index < -0.39 is 5.60 Å². The average Bonchev–Trinajstić information content (AvgIpc) is 2.85. The monoisotopic (exact) mass is 294 g/mol. The summed E-state index contributed by atoms with van der Waals surface area (Å²) in [7, 11) is 0. The fourth-order valence-electron chi connectivity index (χ4n) is 2.80. The minimum Gasteiger partial charge on any atom is -0.444 e. The second-order valence-corrected chi connectivity index (χ2v) is 6.74. The Morgan fingerprint density at radius 3 is 2.81 bits per heavy atom. The first-order valence-electron chi connectivity index (χ1n) is 8.02.